The molecule has 0 heterocycles. The van der Waals surface area contributed by atoms with Gasteiger partial charge in [-0.3, -0.25) is 4.79 Å². The van der Waals surface area contributed by atoms with Crippen LogP contribution in [-0.4, -0.2) is 18.7 Å². The Hall–Kier alpha value is -1.98. The van der Waals surface area contributed by atoms with Gasteiger partial charge in [0.2, 0.25) is 5.91 Å². The second kappa shape index (κ2) is 6.98. The number of hydrogen-bond acceptors (Lipinski definition) is 4. The van der Waals surface area contributed by atoms with Crippen molar-refractivity contribution in [2.75, 3.05) is 18.1 Å². The Morgan fingerprint density at radius 2 is 1.95 bits per heavy atom. The smallest absolute Gasteiger partial charge is 0.238 e. The van der Waals surface area contributed by atoms with E-state index < -0.39 is 0 Å². The highest BCUT2D eigenvalue weighted by Crippen LogP contribution is 2.26. The van der Waals surface area contributed by atoms with Crippen LogP contribution in [0, 0.1) is 0 Å². The lowest BCUT2D eigenvalue weighted by Crippen LogP contribution is -2.21. The van der Waals surface area contributed by atoms with Crippen molar-refractivity contribution in [1.82, 2.24) is 0 Å². The third-order valence-electron chi connectivity index (χ3n) is 2.60. The van der Waals surface area contributed by atoms with Crippen LogP contribution in [0.15, 0.2) is 53.4 Å². The van der Waals surface area contributed by atoms with Gasteiger partial charge < -0.3 is 15.8 Å². The molecule has 4 nitrogen and oxygen atoms in total. The van der Waals surface area contributed by atoms with Crippen molar-refractivity contribution in [3.63, 3.8) is 0 Å². The molecule has 0 unspecified atom stereocenters. The van der Waals surface area contributed by atoms with Crippen LogP contribution in [0.5, 0.6) is 11.5 Å². The molecule has 0 spiro atoms. The Labute approximate surface area is 122 Å². The van der Waals surface area contributed by atoms with Gasteiger partial charge in [-0.1, -0.05) is 6.07 Å². The van der Waals surface area contributed by atoms with E-state index in [2.05, 4.69) is 5.32 Å². The Morgan fingerprint density at radius 3 is 2.60 bits per heavy atom. The van der Waals surface area contributed by atoms with Crippen molar-refractivity contribution in [3.05, 3.63) is 48.5 Å². The molecular formula is C15H16N2O2S. The van der Waals surface area contributed by atoms with E-state index in [4.69, 9.17) is 10.5 Å². The number of rotatable bonds is 5. The van der Waals surface area contributed by atoms with Crippen LogP contribution in [0.25, 0.3) is 0 Å². The monoisotopic (exact) mass is 288 g/mol. The Bertz CT molecular complexity index is 585. The SMILES string of the molecule is CSc1ccc(Oc2cccc(NC(=O)CN)c2)cc1. The quantitative estimate of drug-likeness (QED) is 0.830. The molecule has 20 heavy (non-hydrogen) atoms. The van der Waals surface area contributed by atoms with Crippen molar-refractivity contribution in [1.29, 1.82) is 0 Å². The largest absolute Gasteiger partial charge is 0.457 e. The number of carbonyl (C=O) groups excluding carboxylic acids is 1. The third-order valence-corrected chi connectivity index (χ3v) is 3.34. The second-order valence-electron chi connectivity index (χ2n) is 4.06. The van der Waals surface area contributed by atoms with E-state index in [1.165, 1.54) is 4.90 Å². The summed E-state index contributed by atoms with van der Waals surface area (Å²) in [6, 6.07) is 15.0. The molecule has 2 aromatic rings. The summed E-state index contributed by atoms with van der Waals surface area (Å²) in [6.07, 6.45) is 2.03. The van der Waals surface area contributed by atoms with Gasteiger partial charge in [-0.15, -0.1) is 11.8 Å². The zero-order valence-corrected chi connectivity index (χ0v) is 11.9. The molecule has 0 atom stereocenters. The molecule has 2 rings (SSSR count). The summed E-state index contributed by atoms with van der Waals surface area (Å²) >= 11 is 1.68. The van der Waals surface area contributed by atoms with Gasteiger partial charge in [0, 0.05) is 16.6 Å². The summed E-state index contributed by atoms with van der Waals surface area (Å²) in [5.41, 5.74) is 5.93. The molecule has 0 fully saturated rings. The van der Waals surface area contributed by atoms with E-state index in [1.54, 1.807) is 23.9 Å². The van der Waals surface area contributed by atoms with Gasteiger partial charge in [0.15, 0.2) is 0 Å². The molecule has 0 aliphatic heterocycles. The molecule has 0 saturated heterocycles. The molecule has 2 aromatic carbocycles. The first-order chi connectivity index (χ1) is 9.71. The summed E-state index contributed by atoms with van der Waals surface area (Å²) in [5.74, 6) is 1.19. The average molecular weight is 288 g/mol. The molecular weight excluding hydrogens is 272 g/mol. The highest BCUT2D eigenvalue weighted by atomic mass is 32.2. The van der Waals surface area contributed by atoms with Crippen molar-refractivity contribution in [3.8, 4) is 11.5 Å². The van der Waals surface area contributed by atoms with Gasteiger partial charge >= 0.3 is 0 Å². The molecule has 0 aliphatic carbocycles. The summed E-state index contributed by atoms with van der Waals surface area (Å²) in [7, 11) is 0. The van der Waals surface area contributed by atoms with E-state index in [-0.39, 0.29) is 12.5 Å². The first-order valence-electron chi connectivity index (χ1n) is 6.13. The maximum absolute atomic E-state index is 11.2. The lowest BCUT2D eigenvalue weighted by molar-refractivity contribution is -0.114. The van der Waals surface area contributed by atoms with Crippen molar-refractivity contribution in [2.45, 2.75) is 4.90 Å². The van der Waals surface area contributed by atoms with E-state index in [0.717, 1.165) is 5.75 Å². The van der Waals surface area contributed by atoms with E-state index >= 15 is 0 Å². The number of benzene rings is 2. The maximum Gasteiger partial charge on any atom is 0.238 e. The van der Waals surface area contributed by atoms with Crippen molar-refractivity contribution in [2.24, 2.45) is 5.73 Å². The Kier molecular flexibility index (Phi) is 5.03. The molecule has 0 aliphatic rings. The summed E-state index contributed by atoms with van der Waals surface area (Å²) in [5, 5.41) is 2.69. The van der Waals surface area contributed by atoms with Crippen LogP contribution in [0.3, 0.4) is 0 Å². The number of thioether (sulfide) groups is 1. The van der Waals surface area contributed by atoms with Gasteiger partial charge in [0.05, 0.1) is 6.54 Å². The second-order valence-corrected chi connectivity index (χ2v) is 4.94. The minimum Gasteiger partial charge on any atom is -0.457 e. The van der Waals surface area contributed by atoms with Crippen LogP contribution in [-0.2, 0) is 4.79 Å². The summed E-state index contributed by atoms with van der Waals surface area (Å²) in [6.45, 7) is -0.0404. The lowest BCUT2D eigenvalue weighted by Gasteiger charge is -2.08. The summed E-state index contributed by atoms with van der Waals surface area (Å²) in [4.78, 5) is 12.4. The standard InChI is InChI=1S/C15H16N2O2S/c1-20-14-7-5-12(6-8-14)19-13-4-2-3-11(9-13)17-15(18)10-16/h2-9H,10,16H2,1H3,(H,17,18). The van der Waals surface area contributed by atoms with E-state index in [1.807, 2.05) is 42.7 Å². The van der Waals surface area contributed by atoms with Gasteiger partial charge in [-0.2, -0.15) is 0 Å². The minimum atomic E-state index is -0.230. The number of ether oxygens (including phenoxy) is 1. The first kappa shape index (κ1) is 14.4. The van der Waals surface area contributed by atoms with Crippen molar-refractivity contribution < 1.29 is 9.53 Å². The minimum absolute atomic E-state index is 0.0404. The highest BCUT2D eigenvalue weighted by Gasteiger charge is 2.02. The first-order valence-corrected chi connectivity index (χ1v) is 7.35. The molecule has 3 N–H and O–H groups in total. The molecule has 5 heteroatoms. The van der Waals surface area contributed by atoms with Gasteiger partial charge in [-0.25, -0.2) is 0 Å². The average Bonchev–Trinajstić information content (AvgIpc) is 2.48. The van der Waals surface area contributed by atoms with Crippen LogP contribution >= 0.6 is 11.8 Å². The molecule has 0 bridgehead atoms. The van der Waals surface area contributed by atoms with Crippen molar-refractivity contribution >= 4 is 23.4 Å². The fourth-order valence-electron chi connectivity index (χ4n) is 1.63. The normalized spacial score (nSPS) is 10.1. The van der Waals surface area contributed by atoms with Crippen LogP contribution in [0.4, 0.5) is 5.69 Å². The maximum atomic E-state index is 11.2. The number of carbonyl (C=O) groups is 1. The lowest BCUT2D eigenvalue weighted by atomic mass is 10.3. The predicted octanol–water partition coefficient (Wildman–Crippen LogP) is 3.10. The zero-order valence-electron chi connectivity index (χ0n) is 11.1. The van der Waals surface area contributed by atoms with Gasteiger partial charge in [0.1, 0.15) is 11.5 Å². The number of nitrogens with two attached hydrogens (primary N) is 1. The topological polar surface area (TPSA) is 64.3 Å². The number of amides is 1. The zero-order chi connectivity index (χ0) is 14.4. The van der Waals surface area contributed by atoms with E-state index in [0.29, 0.717) is 11.4 Å². The fourth-order valence-corrected chi connectivity index (χ4v) is 2.04. The van der Waals surface area contributed by atoms with Crippen LogP contribution in [0.2, 0.25) is 0 Å². The molecule has 104 valence electrons. The van der Waals surface area contributed by atoms with Gasteiger partial charge in [-0.05, 0) is 42.7 Å². The predicted molar refractivity (Wildman–Crippen MR) is 82.4 cm³/mol. The third kappa shape index (κ3) is 4.01. The number of anilines is 1. The van der Waals surface area contributed by atoms with Crippen LogP contribution in [0.1, 0.15) is 0 Å². The Balaban J connectivity index is 2.08. The van der Waals surface area contributed by atoms with Crippen LogP contribution < -0.4 is 15.8 Å². The molecule has 0 aromatic heterocycles. The highest BCUT2D eigenvalue weighted by molar-refractivity contribution is 7.98. The van der Waals surface area contributed by atoms with Gasteiger partial charge in [0.25, 0.3) is 0 Å². The fraction of sp³-hybridized carbons (Fsp3) is 0.133. The molecule has 0 saturated carbocycles. The number of nitrogens with one attached hydrogen (secondary N) is 1. The summed E-state index contributed by atoms with van der Waals surface area (Å²) < 4.78 is 5.74. The Morgan fingerprint density at radius 1 is 1.20 bits per heavy atom. The molecule has 0 radical (unpaired) electrons. The molecule has 1 amide bonds. The number of hydrogen-bond donors (Lipinski definition) is 2. The van der Waals surface area contributed by atoms with E-state index in [9.17, 15) is 4.79 Å².